The number of piperidine rings is 1. The number of nitrogens with zero attached hydrogens (tertiary/aromatic N) is 3. The van der Waals surface area contributed by atoms with E-state index in [2.05, 4.69) is 21.0 Å². The molecule has 1 saturated carbocycles. The lowest BCUT2D eigenvalue weighted by molar-refractivity contribution is 0.0570. The molecule has 0 amide bonds. The van der Waals surface area contributed by atoms with Crippen LogP contribution in [0.15, 0.2) is 30.7 Å². The van der Waals surface area contributed by atoms with Gasteiger partial charge in [-0.25, -0.2) is 18.4 Å². The van der Waals surface area contributed by atoms with Gasteiger partial charge in [0.05, 0.1) is 23.6 Å². The summed E-state index contributed by atoms with van der Waals surface area (Å²) in [5.41, 5.74) is 3.14. The molecule has 3 aromatic rings. The molecule has 31 heavy (non-hydrogen) atoms. The van der Waals surface area contributed by atoms with E-state index in [1.165, 1.54) is 10.9 Å². The molecule has 166 valence electrons. The third-order valence-corrected chi connectivity index (χ3v) is 9.14. The van der Waals surface area contributed by atoms with Crippen LogP contribution in [-0.2, 0) is 14.8 Å². The number of H-pyrrole nitrogens is 1. The van der Waals surface area contributed by atoms with Gasteiger partial charge in [-0.2, -0.15) is 4.31 Å². The van der Waals surface area contributed by atoms with Crippen molar-refractivity contribution in [1.82, 2.24) is 19.3 Å². The van der Waals surface area contributed by atoms with Crippen LogP contribution in [-0.4, -0.2) is 59.7 Å². The lowest BCUT2D eigenvalue weighted by atomic mass is 9.78. The highest BCUT2D eigenvalue weighted by atomic mass is 32.2. The maximum absolute atomic E-state index is 13.0. The van der Waals surface area contributed by atoms with Gasteiger partial charge in [0.25, 0.3) is 0 Å². The van der Waals surface area contributed by atoms with E-state index >= 15 is 0 Å². The monoisotopic (exact) mass is 442 g/mol. The fourth-order valence-corrected chi connectivity index (χ4v) is 7.36. The van der Waals surface area contributed by atoms with Crippen molar-refractivity contribution in [3.63, 3.8) is 0 Å². The number of aromatic nitrogens is 3. The Morgan fingerprint density at radius 1 is 1.16 bits per heavy atom. The molecule has 1 atom stereocenters. The van der Waals surface area contributed by atoms with Gasteiger partial charge in [-0.3, -0.25) is 0 Å². The van der Waals surface area contributed by atoms with Crippen LogP contribution in [0.4, 0.5) is 0 Å². The molecule has 0 aromatic carbocycles. The van der Waals surface area contributed by atoms with Gasteiger partial charge in [0.1, 0.15) is 0 Å². The Labute approximate surface area is 183 Å². The van der Waals surface area contributed by atoms with Crippen molar-refractivity contribution in [3.8, 4) is 0 Å². The number of sulfonamides is 1. The first-order valence-corrected chi connectivity index (χ1v) is 12.9. The van der Waals surface area contributed by atoms with Crippen LogP contribution in [0, 0.1) is 5.92 Å². The molecule has 1 unspecified atom stereocenters. The zero-order valence-corrected chi connectivity index (χ0v) is 18.8. The van der Waals surface area contributed by atoms with Crippen LogP contribution >= 0.6 is 0 Å². The second-order valence-electron chi connectivity index (χ2n) is 9.02. The number of hydrogen-bond acceptors (Lipinski definition) is 5. The minimum absolute atomic E-state index is 0.0273. The summed E-state index contributed by atoms with van der Waals surface area (Å²) >= 11 is 0. The molecule has 2 aliphatic rings. The second kappa shape index (κ2) is 8.48. The fraction of sp³-hybridized carbons (Fsp3) is 0.565. The summed E-state index contributed by atoms with van der Waals surface area (Å²) in [6.45, 7) is 1.13. The van der Waals surface area contributed by atoms with Crippen molar-refractivity contribution in [3.05, 3.63) is 36.3 Å². The molecule has 0 bridgehead atoms. The van der Waals surface area contributed by atoms with E-state index in [0.29, 0.717) is 19.0 Å². The summed E-state index contributed by atoms with van der Waals surface area (Å²) in [6.07, 6.45) is 11.4. The van der Waals surface area contributed by atoms with Crippen LogP contribution in [0.5, 0.6) is 0 Å². The molecular weight excluding hydrogens is 412 g/mol. The van der Waals surface area contributed by atoms with E-state index < -0.39 is 10.0 Å². The molecule has 5 rings (SSSR count). The number of aromatic amines is 1. The highest BCUT2D eigenvalue weighted by Crippen LogP contribution is 2.40. The number of hydrogen-bond donors (Lipinski definition) is 1. The van der Waals surface area contributed by atoms with Gasteiger partial charge in [0.15, 0.2) is 5.65 Å². The summed E-state index contributed by atoms with van der Waals surface area (Å²) in [5, 5.41) is 2.30. The molecule has 0 spiro atoms. The maximum atomic E-state index is 13.0. The summed E-state index contributed by atoms with van der Waals surface area (Å²) in [5.74, 6) is 0.929. The molecule has 8 heteroatoms. The quantitative estimate of drug-likeness (QED) is 0.649. The van der Waals surface area contributed by atoms with Gasteiger partial charge in [-0.15, -0.1) is 0 Å². The van der Waals surface area contributed by atoms with Crippen LogP contribution in [0.3, 0.4) is 0 Å². The van der Waals surface area contributed by atoms with Crippen molar-refractivity contribution >= 4 is 32.0 Å². The molecule has 1 aliphatic heterocycles. The molecule has 2 fully saturated rings. The Kier molecular flexibility index (Phi) is 5.71. The van der Waals surface area contributed by atoms with Gasteiger partial charge in [0, 0.05) is 43.4 Å². The smallest absolute Gasteiger partial charge is 0.214 e. The Morgan fingerprint density at radius 3 is 2.81 bits per heavy atom. The van der Waals surface area contributed by atoms with Crippen LogP contribution in [0.1, 0.15) is 50.0 Å². The second-order valence-corrected chi connectivity index (χ2v) is 11.0. The predicted molar refractivity (Wildman–Crippen MR) is 121 cm³/mol. The van der Waals surface area contributed by atoms with E-state index in [4.69, 9.17) is 4.74 Å². The van der Waals surface area contributed by atoms with Gasteiger partial charge in [-0.1, -0.05) is 0 Å². The standard InChI is InChI=1S/C23H30N4O3S/c1-30-18-3-2-12-27(14-18)31(28,29)15-16-4-6-17(7-5-16)19-8-10-24-21-13-26-23-20(22(19)21)9-11-25-23/h8-11,13,16-18,24H,2-7,12,14-15H2,1H3. The molecule has 7 nitrogen and oxygen atoms in total. The lowest BCUT2D eigenvalue weighted by Gasteiger charge is -2.34. The zero-order valence-electron chi connectivity index (χ0n) is 18.0. The molecule has 1 aliphatic carbocycles. The number of pyridine rings is 2. The van der Waals surface area contributed by atoms with Crippen molar-refractivity contribution in [2.75, 3.05) is 26.0 Å². The fourth-order valence-electron chi connectivity index (χ4n) is 5.42. The number of rotatable bonds is 5. The van der Waals surface area contributed by atoms with Crippen LogP contribution in [0.2, 0.25) is 0 Å². The van der Waals surface area contributed by atoms with Crippen molar-refractivity contribution < 1.29 is 13.2 Å². The first-order chi connectivity index (χ1) is 15.0. The van der Waals surface area contributed by atoms with E-state index in [1.54, 1.807) is 11.4 Å². The normalized spacial score (nSPS) is 25.9. The minimum Gasteiger partial charge on any atom is -0.380 e. The third-order valence-electron chi connectivity index (χ3n) is 7.12. The number of fused-ring (bicyclic) bond motifs is 3. The molecule has 4 heterocycles. The van der Waals surface area contributed by atoms with Crippen LogP contribution in [0.25, 0.3) is 21.9 Å². The average Bonchev–Trinajstić information content (AvgIpc) is 3.28. The van der Waals surface area contributed by atoms with Crippen LogP contribution < -0.4 is 0 Å². The average molecular weight is 443 g/mol. The first-order valence-electron chi connectivity index (χ1n) is 11.3. The Hall–Kier alpha value is -2.03. The molecule has 0 radical (unpaired) electrons. The molecule has 1 saturated heterocycles. The molecule has 1 N–H and O–H groups in total. The number of ether oxygens (including phenoxy) is 1. The van der Waals surface area contributed by atoms with Gasteiger partial charge in [-0.05, 0) is 68.1 Å². The summed E-state index contributed by atoms with van der Waals surface area (Å²) < 4.78 is 33.1. The highest BCUT2D eigenvalue weighted by Gasteiger charge is 2.33. The SMILES string of the molecule is COC1CCCN(S(=O)(=O)CC2CCC(c3cc[nH]c4cnc5nccc5c34)CC2)C1. The first kappa shape index (κ1) is 20.8. The topological polar surface area (TPSA) is 88.2 Å². The van der Waals surface area contributed by atoms with E-state index in [0.717, 1.165) is 55.1 Å². The van der Waals surface area contributed by atoms with Gasteiger partial charge >= 0.3 is 0 Å². The maximum Gasteiger partial charge on any atom is 0.214 e. The molecular formula is C23H30N4O3S. The van der Waals surface area contributed by atoms with E-state index in [-0.39, 0.29) is 17.8 Å². The predicted octanol–water partition coefficient (Wildman–Crippen LogP) is 3.83. The summed E-state index contributed by atoms with van der Waals surface area (Å²) in [7, 11) is -1.56. The minimum atomic E-state index is -3.23. The van der Waals surface area contributed by atoms with Crippen molar-refractivity contribution in [1.29, 1.82) is 0 Å². The largest absolute Gasteiger partial charge is 0.380 e. The van der Waals surface area contributed by atoms with Crippen molar-refractivity contribution in [2.24, 2.45) is 5.92 Å². The highest BCUT2D eigenvalue weighted by molar-refractivity contribution is 7.89. The van der Waals surface area contributed by atoms with Gasteiger partial charge < -0.3 is 9.72 Å². The number of methoxy groups -OCH3 is 1. The Balaban J connectivity index is 1.29. The zero-order chi connectivity index (χ0) is 21.4. The lowest BCUT2D eigenvalue weighted by Crippen LogP contribution is -2.44. The van der Waals surface area contributed by atoms with E-state index in [1.807, 2.05) is 24.7 Å². The Bertz CT molecular complexity index is 1170. The van der Waals surface area contributed by atoms with Gasteiger partial charge in [0.2, 0.25) is 10.0 Å². The van der Waals surface area contributed by atoms with E-state index in [9.17, 15) is 8.42 Å². The third kappa shape index (κ3) is 4.08. The van der Waals surface area contributed by atoms with Crippen molar-refractivity contribution in [2.45, 2.75) is 50.5 Å². The Morgan fingerprint density at radius 2 is 2.00 bits per heavy atom. The number of nitrogens with one attached hydrogen (secondary N) is 1. The summed E-state index contributed by atoms with van der Waals surface area (Å²) in [4.78, 5) is 12.1. The summed E-state index contributed by atoms with van der Waals surface area (Å²) in [6, 6.07) is 4.21. The molecule has 3 aromatic heterocycles.